The maximum absolute atomic E-state index is 12.5. The first kappa shape index (κ1) is 20.4. The first-order chi connectivity index (χ1) is 12.2. The molecule has 0 aromatic carbocycles. The van der Waals surface area contributed by atoms with Crippen molar-refractivity contribution in [3.8, 4) is 0 Å². The van der Waals surface area contributed by atoms with Crippen molar-refractivity contribution >= 4 is 26.2 Å². The van der Waals surface area contributed by atoms with Crippen LogP contribution in [0.25, 0.3) is 0 Å². The average molecular weight is 346 g/mol. The molecule has 0 heterocycles. The van der Waals surface area contributed by atoms with Gasteiger partial charge in [-0.1, -0.05) is 57.6 Å². The minimum Gasteiger partial charge on any atom is -0.362 e. The second-order valence-corrected chi connectivity index (χ2v) is 8.16. The molecule has 0 unspecified atom stereocenters. The number of nitrogens with one attached hydrogen (secondary N) is 2. The van der Waals surface area contributed by atoms with Gasteiger partial charge in [0.05, 0.1) is 0 Å². The van der Waals surface area contributed by atoms with Crippen LogP contribution in [-0.4, -0.2) is 38.3 Å². The number of hydrogen-bond acceptors (Lipinski definition) is 2. The number of carbonyl (C=O) groups is 2. The zero-order chi connectivity index (χ0) is 17.9. The first-order valence-corrected chi connectivity index (χ1v) is 10.8. The van der Waals surface area contributed by atoms with Crippen molar-refractivity contribution in [2.24, 2.45) is 0 Å². The molecule has 2 saturated carbocycles. The van der Waals surface area contributed by atoms with Crippen molar-refractivity contribution in [2.75, 3.05) is 0 Å². The van der Waals surface area contributed by atoms with E-state index in [0.29, 0.717) is 25.2 Å². The predicted molar refractivity (Wildman–Crippen MR) is 109 cm³/mol. The van der Waals surface area contributed by atoms with Gasteiger partial charge in [-0.05, 0) is 38.5 Å². The summed E-state index contributed by atoms with van der Waals surface area (Å²) in [7, 11) is 1.29. The van der Waals surface area contributed by atoms with Crippen molar-refractivity contribution in [2.45, 2.75) is 108 Å². The minimum atomic E-state index is 0.162. The zero-order valence-electron chi connectivity index (χ0n) is 16.2. The zero-order valence-corrected chi connectivity index (χ0v) is 16.2. The van der Waals surface area contributed by atoms with Crippen LogP contribution in [0.1, 0.15) is 83.5 Å². The summed E-state index contributed by atoms with van der Waals surface area (Å²) in [4.78, 5) is 24.0. The highest BCUT2D eigenvalue weighted by molar-refractivity contribution is 6.74. The van der Waals surface area contributed by atoms with E-state index in [4.69, 9.17) is 0 Å². The van der Waals surface area contributed by atoms with Crippen LogP contribution >= 0.6 is 0 Å². The minimum absolute atomic E-state index is 0.162. The van der Waals surface area contributed by atoms with Crippen LogP contribution in [0, 0.1) is 0 Å². The quantitative estimate of drug-likeness (QED) is 0.741. The van der Waals surface area contributed by atoms with Crippen molar-refractivity contribution in [3.05, 3.63) is 0 Å². The van der Waals surface area contributed by atoms with Crippen LogP contribution < -0.4 is 10.6 Å². The second-order valence-electron chi connectivity index (χ2n) is 8.16. The lowest BCUT2D eigenvalue weighted by molar-refractivity contribution is 0.248. The topological polar surface area (TPSA) is 58.2 Å². The fraction of sp³-hybridized carbons (Fsp3) is 0.895. The summed E-state index contributed by atoms with van der Waals surface area (Å²) in [5.41, 5.74) is 0. The van der Waals surface area contributed by atoms with E-state index in [1.54, 1.807) is 0 Å². The number of amides is 2. The summed E-state index contributed by atoms with van der Waals surface area (Å²) in [6.07, 6.45) is 15.5. The largest absolute Gasteiger partial charge is 0.362 e. The standard InChI is InChI=1S/C19H36B2N2O2/c1-20-18(24)22-16-11-7-13-17(14-8-12-16)23-19(25)21-15-9-5-3-2-4-6-10-15/h15-17,20-21H,2-14H2,1H3,(H,22,24)(H,23,25). The fourth-order valence-electron chi connectivity index (χ4n) is 4.42. The second kappa shape index (κ2) is 11.6. The summed E-state index contributed by atoms with van der Waals surface area (Å²) in [5.74, 6) is 1.03. The van der Waals surface area contributed by atoms with Crippen LogP contribution in [0.15, 0.2) is 0 Å². The van der Waals surface area contributed by atoms with Gasteiger partial charge in [-0.15, -0.1) is 0 Å². The third kappa shape index (κ3) is 8.33. The highest BCUT2D eigenvalue weighted by Crippen LogP contribution is 2.26. The Morgan fingerprint density at radius 2 is 1.16 bits per heavy atom. The fourth-order valence-corrected chi connectivity index (χ4v) is 4.42. The predicted octanol–water partition coefficient (Wildman–Crippen LogP) is 3.95. The van der Waals surface area contributed by atoms with E-state index in [0.717, 1.165) is 45.8 Å². The maximum Gasteiger partial charge on any atom is 0.237 e. The monoisotopic (exact) mass is 346 g/mol. The van der Waals surface area contributed by atoms with Crippen LogP contribution in [0.4, 0.5) is 9.59 Å². The normalized spacial score (nSPS) is 26.3. The molecule has 2 N–H and O–H groups in total. The Morgan fingerprint density at radius 1 is 0.680 bits per heavy atom. The molecule has 2 aliphatic rings. The molecule has 0 spiro atoms. The van der Waals surface area contributed by atoms with Gasteiger partial charge in [-0.25, -0.2) is 0 Å². The smallest absolute Gasteiger partial charge is 0.237 e. The van der Waals surface area contributed by atoms with Crippen molar-refractivity contribution in [3.63, 3.8) is 0 Å². The molecule has 0 atom stereocenters. The van der Waals surface area contributed by atoms with Gasteiger partial charge in [0.2, 0.25) is 14.6 Å². The third-order valence-electron chi connectivity index (χ3n) is 5.96. The van der Waals surface area contributed by atoms with E-state index in [9.17, 15) is 9.59 Å². The van der Waals surface area contributed by atoms with Gasteiger partial charge in [-0.2, -0.15) is 0 Å². The Morgan fingerprint density at radius 3 is 1.68 bits per heavy atom. The molecule has 0 aromatic heterocycles. The number of rotatable bonds is 5. The highest BCUT2D eigenvalue weighted by Gasteiger charge is 2.22. The molecule has 0 radical (unpaired) electrons. The van der Waals surface area contributed by atoms with E-state index in [1.165, 1.54) is 44.9 Å². The molecule has 0 aliphatic heterocycles. The molecule has 25 heavy (non-hydrogen) atoms. The summed E-state index contributed by atoms with van der Waals surface area (Å²) >= 11 is 0. The Kier molecular flexibility index (Phi) is 9.49. The third-order valence-corrected chi connectivity index (χ3v) is 5.96. The van der Waals surface area contributed by atoms with Gasteiger partial charge >= 0.3 is 0 Å². The molecule has 0 saturated heterocycles. The van der Waals surface area contributed by atoms with Crippen LogP contribution in [0.3, 0.4) is 0 Å². The SMILES string of the molecule is CBC(=O)NC1CCCC(NC(=O)BC2CCCCCCC2)CCC1. The molecule has 0 bridgehead atoms. The molecule has 2 aliphatic carbocycles. The van der Waals surface area contributed by atoms with Crippen molar-refractivity contribution < 1.29 is 9.59 Å². The molecular weight excluding hydrogens is 310 g/mol. The Balaban J connectivity index is 1.68. The van der Waals surface area contributed by atoms with Gasteiger partial charge in [0.25, 0.3) is 0 Å². The molecule has 2 rings (SSSR count). The molecule has 0 aromatic rings. The van der Waals surface area contributed by atoms with E-state index in [2.05, 4.69) is 10.6 Å². The van der Waals surface area contributed by atoms with Gasteiger partial charge in [0.15, 0.2) is 11.6 Å². The molecule has 2 fully saturated rings. The molecule has 2 amide bonds. The summed E-state index contributed by atoms with van der Waals surface area (Å²) < 4.78 is 0. The lowest BCUT2D eigenvalue weighted by Crippen LogP contribution is -2.41. The van der Waals surface area contributed by atoms with Crippen LogP contribution in [-0.2, 0) is 0 Å². The molecule has 140 valence electrons. The molecular formula is C19H36B2N2O2. The van der Waals surface area contributed by atoms with E-state index in [1.807, 2.05) is 6.82 Å². The van der Waals surface area contributed by atoms with E-state index in [-0.39, 0.29) is 11.6 Å². The summed E-state index contributed by atoms with van der Waals surface area (Å²) in [6.45, 7) is 1.90. The Bertz CT molecular complexity index is 402. The van der Waals surface area contributed by atoms with E-state index >= 15 is 0 Å². The Hall–Kier alpha value is -0.930. The average Bonchev–Trinajstić information content (AvgIpc) is 2.54. The summed E-state index contributed by atoms with van der Waals surface area (Å²) in [6, 6.07) is 0.669. The van der Waals surface area contributed by atoms with Gasteiger partial charge in [-0.3, -0.25) is 9.59 Å². The molecule has 6 heteroatoms. The Labute approximate surface area is 155 Å². The van der Waals surface area contributed by atoms with Crippen molar-refractivity contribution in [1.29, 1.82) is 0 Å². The molecule has 4 nitrogen and oxygen atoms in total. The van der Waals surface area contributed by atoms with E-state index < -0.39 is 0 Å². The van der Waals surface area contributed by atoms with Gasteiger partial charge in [0.1, 0.15) is 0 Å². The van der Waals surface area contributed by atoms with Crippen LogP contribution in [0.2, 0.25) is 12.6 Å². The first-order valence-electron chi connectivity index (χ1n) is 10.8. The number of carbonyl (C=O) groups excluding carboxylic acids is 2. The highest BCUT2D eigenvalue weighted by atomic mass is 16.1. The van der Waals surface area contributed by atoms with Crippen LogP contribution in [0.5, 0.6) is 0 Å². The summed E-state index contributed by atoms with van der Waals surface area (Å²) in [5, 5.41) is 6.44. The lowest BCUT2D eigenvalue weighted by atomic mass is 9.59. The van der Waals surface area contributed by atoms with Crippen molar-refractivity contribution in [1.82, 2.24) is 10.6 Å². The van der Waals surface area contributed by atoms with Gasteiger partial charge in [0, 0.05) is 12.1 Å². The lowest BCUT2D eigenvalue weighted by Gasteiger charge is -2.27. The van der Waals surface area contributed by atoms with Gasteiger partial charge < -0.3 is 10.6 Å². The number of hydrogen-bond donors (Lipinski definition) is 2. The maximum atomic E-state index is 12.5.